The van der Waals surface area contributed by atoms with Gasteiger partial charge in [-0.3, -0.25) is 0 Å². The molecule has 0 radical (unpaired) electrons. The van der Waals surface area contributed by atoms with Gasteiger partial charge in [0, 0.05) is 11.8 Å². The molecule has 2 aliphatic rings. The van der Waals surface area contributed by atoms with Gasteiger partial charge in [0.05, 0.1) is 13.2 Å². The van der Waals surface area contributed by atoms with Crippen molar-refractivity contribution < 1.29 is 18.3 Å². The first-order valence-corrected chi connectivity index (χ1v) is 10.1. The normalized spacial score (nSPS) is 29.0. The lowest BCUT2D eigenvalue weighted by Crippen LogP contribution is -2.37. The molecule has 1 saturated carbocycles. The molecule has 0 bridgehead atoms. The van der Waals surface area contributed by atoms with E-state index in [-0.39, 0.29) is 6.29 Å². The van der Waals surface area contributed by atoms with Crippen LogP contribution in [0.25, 0.3) is 0 Å². The Balaban J connectivity index is 1.44. The van der Waals surface area contributed by atoms with E-state index in [9.17, 15) is 8.78 Å². The number of ether oxygens (including phenoxy) is 2. The predicted molar refractivity (Wildman–Crippen MR) is 104 cm³/mol. The lowest BCUT2D eigenvalue weighted by atomic mass is 9.78. The Morgan fingerprint density at radius 1 is 1.04 bits per heavy atom. The molecule has 1 aliphatic heterocycles. The molecule has 0 N–H and O–H groups in total. The van der Waals surface area contributed by atoms with E-state index >= 15 is 0 Å². The first-order chi connectivity index (χ1) is 13.2. The monoisotopic (exact) mass is 376 g/mol. The Bertz CT molecular complexity index is 618. The van der Waals surface area contributed by atoms with E-state index in [0.29, 0.717) is 30.6 Å². The van der Waals surface area contributed by atoms with Crippen LogP contribution in [0.1, 0.15) is 56.1 Å². The summed E-state index contributed by atoms with van der Waals surface area (Å²) in [7, 11) is 0. The highest BCUT2D eigenvalue weighted by molar-refractivity contribution is 5.26. The molecule has 0 unspecified atom stereocenters. The topological polar surface area (TPSA) is 18.5 Å². The molecule has 0 spiro atoms. The van der Waals surface area contributed by atoms with E-state index in [1.807, 2.05) is 6.92 Å². The third kappa shape index (κ3) is 5.98. The molecule has 1 aromatic rings. The number of hydrogen-bond acceptors (Lipinski definition) is 2. The molecule has 1 heterocycles. The van der Waals surface area contributed by atoms with Gasteiger partial charge in [-0.15, -0.1) is 0 Å². The molecule has 2 fully saturated rings. The lowest BCUT2D eigenvalue weighted by Gasteiger charge is -2.37. The van der Waals surface area contributed by atoms with E-state index in [2.05, 4.69) is 36.4 Å². The number of hydrogen-bond donors (Lipinski definition) is 0. The Morgan fingerprint density at radius 3 is 2.30 bits per heavy atom. The zero-order chi connectivity index (χ0) is 19.1. The lowest BCUT2D eigenvalue weighted by molar-refractivity contribution is -0.222. The minimum Gasteiger partial charge on any atom is -0.352 e. The van der Waals surface area contributed by atoms with Crippen molar-refractivity contribution in [3.63, 3.8) is 0 Å². The summed E-state index contributed by atoms with van der Waals surface area (Å²) in [5.74, 6) is 1.46. The van der Waals surface area contributed by atoms with Gasteiger partial charge < -0.3 is 9.47 Å². The Labute approximate surface area is 161 Å². The van der Waals surface area contributed by atoms with Crippen LogP contribution in [0.15, 0.2) is 48.6 Å². The molecule has 1 aliphatic carbocycles. The summed E-state index contributed by atoms with van der Waals surface area (Å²) in [4.78, 5) is 0. The van der Waals surface area contributed by atoms with Crippen molar-refractivity contribution in [2.45, 2.75) is 57.7 Å². The van der Waals surface area contributed by atoms with Crippen molar-refractivity contribution >= 4 is 0 Å². The van der Waals surface area contributed by atoms with Crippen LogP contribution < -0.4 is 0 Å². The smallest absolute Gasteiger partial charge is 0.266 e. The van der Waals surface area contributed by atoms with Crippen LogP contribution in [0.4, 0.5) is 8.78 Å². The fourth-order valence-electron chi connectivity index (χ4n) is 4.22. The van der Waals surface area contributed by atoms with Gasteiger partial charge in [-0.05, 0) is 68.6 Å². The fourth-order valence-corrected chi connectivity index (χ4v) is 4.22. The maximum Gasteiger partial charge on any atom is 0.266 e. The zero-order valence-corrected chi connectivity index (χ0v) is 16.1. The highest BCUT2D eigenvalue weighted by Gasteiger charge is 2.32. The van der Waals surface area contributed by atoms with Crippen LogP contribution in [0.3, 0.4) is 0 Å². The predicted octanol–water partition coefficient (Wildman–Crippen LogP) is 6.24. The number of benzene rings is 1. The van der Waals surface area contributed by atoms with E-state index < -0.39 is 6.08 Å². The summed E-state index contributed by atoms with van der Waals surface area (Å²) in [6.45, 7) is 3.55. The average molecular weight is 376 g/mol. The van der Waals surface area contributed by atoms with E-state index in [1.54, 1.807) is 0 Å². The first kappa shape index (κ1) is 20.2. The van der Waals surface area contributed by atoms with E-state index in [4.69, 9.17) is 9.47 Å². The zero-order valence-electron chi connectivity index (χ0n) is 16.1. The van der Waals surface area contributed by atoms with Crippen LogP contribution in [0.5, 0.6) is 0 Å². The Morgan fingerprint density at radius 2 is 1.70 bits per heavy atom. The highest BCUT2D eigenvalue weighted by atomic mass is 19.3. The van der Waals surface area contributed by atoms with Crippen LogP contribution in [0, 0.1) is 11.8 Å². The molecule has 3 rings (SSSR count). The molecule has 4 heteroatoms. The maximum atomic E-state index is 12.1. The standard InChI is InChI=1S/C23H30F2O2/c1-2-4-18-15-26-23(27-16-18)21-13-11-20(12-14-21)19-9-7-17(8-10-19)5-3-6-22(24)25/h2,4,6-10,18,20-21,23H,3,5,11-16H2,1H3/b4-2+. The van der Waals surface area contributed by atoms with Crippen molar-refractivity contribution in [3.05, 3.63) is 59.7 Å². The van der Waals surface area contributed by atoms with Gasteiger partial charge in [0.2, 0.25) is 0 Å². The summed E-state index contributed by atoms with van der Waals surface area (Å²) >= 11 is 0. The Hall–Kier alpha value is -1.52. The van der Waals surface area contributed by atoms with Crippen LogP contribution >= 0.6 is 0 Å². The first-order valence-electron chi connectivity index (χ1n) is 10.1. The van der Waals surface area contributed by atoms with Gasteiger partial charge in [0.15, 0.2) is 6.29 Å². The largest absolute Gasteiger partial charge is 0.352 e. The van der Waals surface area contributed by atoms with Crippen LogP contribution in [-0.2, 0) is 15.9 Å². The Kier molecular flexibility index (Phi) is 7.59. The van der Waals surface area contributed by atoms with Gasteiger partial charge in [-0.25, -0.2) is 0 Å². The third-order valence-electron chi connectivity index (χ3n) is 5.75. The number of rotatable bonds is 6. The van der Waals surface area contributed by atoms with Crippen molar-refractivity contribution in [3.8, 4) is 0 Å². The van der Waals surface area contributed by atoms with Crippen molar-refractivity contribution in [2.75, 3.05) is 13.2 Å². The van der Waals surface area contributed by atoms with Crippen LogP contribution in [-0.4, -0.2) is 19.5 Å². The summed E-state index contributed by atoms with van der Waals surface area (Å²) in [6, 6.07) is 8.51. The van der Waals surface area contributed by atoms with Crippen molar-refractivity contribution in [2.24, 2.45) is 11.8 Å². The van der Waals surface area contributed by atoms with Crippen LogP contribution in [0.2, 0.25) is 0 Å². The molecule has 1 saturated heterocycles. The molecule has 27 heavy (non-hydrogen) atoms. The quantitative estimate of drug-likeness (QED) is 0.547. The van der Waals surface area contributed by atoms with E-state index in [0.717, 1.165) is 50.5 Å². The van der Waals surface area contributed by atoms with Gasteiger partial charge in [-0.1, -0.05) is 36.4 Å². The van der Waals surface area contributed by atoms with Gasteiger partial charge in [0.1, 0.15) is 0 Å². The van der Waals surface area contributed by atoms with Gasteiger partial charge >= 0.3 is 0 Å². The molecule has 0 aromatic heterocycles. The minimum atomic E-state index is -1.59. The molecular weight excluding hydrogens is 346 g/mol. The summed E-state index contributed by atoms with van der Waals surface area (Å²) < 4.78 is 36.1. The second-order valence-electron chi connectivity index (χ2n) is 7.71. The fraction of sp³-hybridized carbons (Fsp3) is 0.565. The van der Waals surface area contributed by atoms with Crippen molar-refractivity contribution in [1.29, 1.82) is 0 Å². The van der Waals surface area contributed by atoms with Crippen molar-refractivity contribution in [1.82, 2.24) is 0 Å². The highest BCUT2D eigenvalue weighted by Crippen LogP contribution is 2.39. The summed E-state index contributed by atoms with van der Waals surface area (Å²) in [5, 5.41) is 0. The summed E-state index contributed by atoms with van der Waals surface area (Å²) in [6.07, 6.45) is 9.19. The number of aryl methyl sites for hydroxylation is 1. The average Bonchev–Trinajstić information content (AvgIpc) is 2.69. The SMILES string of the molecule is C/C=C/C1COC(C2CCC(c3ccc(CCC=C(F)F)cc3)CC2)OC1. The molecular formula is C23H30F2O2. The number of halogens is 2. The second-order valence-corrected chi connectivity index (χ2v) is 7.71. The minimum absolute atomic E-state index is 0.0428. The molecule has 2 nitrogen and oxygen atoms in total. The van der Waals surface area contributed by atoms with E-state index in [1.165, 1.54) is 5.56 Å². The molecule has 0 atom stereocenters. The third-order valence-corrected chi connectivity index (χ3v) is 5.75. The van der Waals surface area contributed by atoms with Gasteiger partial charge in [0.25, 0.3) is 6.08 Å². The molecule has 0 amide bonds. The summed E-state index contributed by atoms with van der Waals surface area (Å²) in [5.41, 5.74) is 2.48. The van der Waals surface area contributed by atoms with Gasteiger partial charge in [-0.2, -0.15) is 8.78 Å². The second kappa shape index (κ2) is 10.1. The number of allylic oxidation sites excluding steroid dienone is 2. The maximum absolute atomic E-state index is 12.1. The molecule has 1 aromatic carbocycles. The molecule has 148 valence electrons.